The van der Waals surface area contributed by atoms with Crippen molar-refractivity contribution in [1.29, 1.82) is 0 Å². The van der Waals surface area contributed by atoms with Crippen LogP contribution in [0.25, 0.3) is 0 Å². The maximum atomic E-state index is 5.98. The molecule has 0 saturated carbocycles. The van der Waals surface area contributed by atoms with Crippen molar-refractivity contribution in [1.82, 2.24) is 9.97 Å². The first kappa shape index (κ1) is 13.6. The van der Waals surface area contributed by atoms with Gasteiger partial charge in [-0.2, -0.15) is 0 Å². The molecule has 2 aromatic rings. The topological polar surface area (TPSA) is 70.3 Å². The maximum Gasteiger partial charge on any atom is 0.166 e. The standard InChI is InChI=1S/C13H14ClN3O2/c1-18-11-6-10(14)5-9(7-15)13(11)19-8-12-16-3-2-4-17-12/h2-6H,7-8,15H2,1H3. The van der Waals surface area contributed by atoms with Crippen LogP contribution >= 0.6 is 11.6 Å². The van der Waals surface area contributed by atoms with Gasteiger partial charge in [0.15, 0.2) is 17.3 Å². The van der Waals surface area contributed by atoms with Crippen molar-refractivity contribution in [2.45, 2.75) is 13.2 Å². The van der Waals surface area contributed by atoms with Gasteiger partial charge in [0.25, 0.3) is 0 Å². The molecule has 0 radical (unpaired) electrons. The van der Waals surface area contributed by atoms with Gasteiger partial charge in [-0.05, 0) is 12.1 Å². The molecule has 5 nitrogen and oxygen atoms in total. The van der Waals surface area contributed by atoms with Crippen molar-refractivity contribution in [3.8, 4) is 11.5 Å². The minimum Gasteiger partial charge on any atom is -0.493 e. The highest BCUT2D eigenvalue weighted by atomic mass is 35.5. The van der Waals surface area contributed by atoms with E-state index in [0.717, 1.165) is 5.56 Å². The molecule has 19 heavy (non-hydrogen) atoms. The summed E-state index contributed by atoms with van der Waals surface area (Å²) in [5.74, 6) is 1.70. The van der Waals surface area contributed by atoms with E-state index in [2.05, 4.69) is 9.97 Å². The minimum absolute atomic E-state index is 0.242. The number of methoxy groups -OCH3 is 1. The normalized spacial score (nSPS) is 10.3. The minimum atomic E-state index is 0.242. The first-order chi connectivity index (χ1) is 9.24. The Kier molecular flexibility index (Phi) is 4.54. The summed E-state index contributed by atoms with van der Waals surface area (Å²) in [6.07, 6.45) is 3.32. The predicted molar refractivity (Wildman–Crippen MR) is 72.3 cm³/mol. The van der Waals surface area contributed by atoms with Crippen molar-refractivity contribution in [3.05, 3.63) is 47.0 Å². The van der Waals surface area contributed by atoms with Crippen LogP contribution in [0.5, 0.6) is 11.5 Å². The number of hydrogen-bond donors (Lipinski definition) is 1. The van der Waals surface area contributed by atoms with E-state index in [4.69, 9.17) is 26.8 Å². The lowest BCUT2D eigenvalue weighted by atomic mass is 10.2. The van der Waals surface area contributed by atoms with E-state index < -0.39 is 0 Å². The van der Waals surface area contributed by atoms with Crippen LogP contribution in [0.1, 0.15) is 11.4 Å². The molecule has 1 heterocycles. The van der Waals surface area contributed by atoms with Gasteiger partial charge in [0.1, 0.15) is 6.61 Å². The molecule has 0 aliphatic heterocycles. The summed E-state index contributed by atoms with van der Waals surface area (Å²) < 4.78 is 11.0. The highest BCUT2D eigenvalue weighted by molar-refractivity contribution is 6.30. The molecule has 1 aromatic heterocycles. The number of halogens is 1. The Morgan fingerprint density at radius 1 is 1.26 bits per heavy atom. The molecule has 0 aliphatic carbocycles. The number of ether oxygens (including phenoxy) is 2. The Hall–Kier alpha value is -1.85. The number of nitrogens with two attached hydrogens (primary N) is 1. The second-order valence-electron chi connectivity index (χ2n) is 3.75. The fraction of sp³-hybridized carbons (Fsp3) is 0.231. The molecule has 6 heteroatoms. The Labute approximate surface area is 116 Å². The van der Waals surface area contributed by atoms with E-state index in [-0.39, 0.29) is 6.61 Å². The van der Waals surface area contributed by atoms with Crippen molar-refractivity contribution < 1.29 is 9.47 Å². The molecule has 0 unspecified atom stereocenters. The van der Waals surface area contributed by atoms with Gasteiger partial charge in [0, 0.05) is 35.6 Å². The van der Waals surface area contributed by atoms with Crippen LogP contribution in [0, 0.1) is 0 Å². The van der Waals surface area contributed by atoms with Gasteiger partial charge < -0.3 is 15.2 Å². The van der Waals surface area contributed by atoms with Gasteiger partial charge in [-0.25, -0.2) is 9.97 Å². The largest absolute Gasteiger partial charge is 0.493 e. The van der Waals surface area contributed by atoms with Gasteiger partial charge in [-0.1, -0.05) is 11.6 Å². The van der Waals surface area contributed by atoms with Crippen LogP contribution in [-0.2, 0) is 13.2 Å². The number of aromatic nitrogens is 2. The molecular formula is C13H14ClN3O2. The van der Waals surface area contributed by atoms with E-state index in [1.165, 1.54) is 0 Å². The van der Waals surface area contributed by atoms with Crippen molar-refractivity contribution in [2.75, 3.05) is 7.11 Å². The van der Waals surface area contributed by atoms with Crippen LogP contribution in [0.4, 0.5) is 0 Å². The molecule has 0 spiro atoms. The maximum absolute atomic E-state index is 5.98. The number of benzene rings is 1. The fourth-order valence-electron chi connectivity index (χ4n) is 1.63. The highest BCUT2D eigenvalue weighted by Gasteiger charge is 2.12. The molecule has 0 fully saturated rings. The molecule has 100 valence electrons. The summed E-state index contributed by atoms with van der Waals surface area (Å²) in [7, 11) is 1.55. The van der Waals surface area contributed by atoms with Crippen molar-refractivity contribution >= 4 is 11.6 Å². The van der Waals surface area contributed by atoms with E-state index in [1.807, 2.05) is 0 Å². The van der Waals surface area contributed by atoms with E-state index in [0.29, 0.717) is 28.9 Å². The third-order valence-electron chi connectivity index (χ3n) is 2.50. The molecule has 1 aromatic carbocycles. The summed E-state index contributed by atoms with van der Waals surface area (Å²) in [4.78, 5) is 8.18. The van der Waals surface area contributed by atoms with E-state index in [9.17, 15) is 0 Å². The Morgan fingerprint density at radius 3 is 2.63 bits per heavy atom. The van der Waals surface area contributed by atoms with Crippen LogP contribution in [0.3, 0.4) is 0 Å². The Morgan fingerprint density at radius 2 is 2.00 bits per heavy atom. The second kappa shape index (κ2) is 6.36. The summed E-state index contributed by atoms with van der Waals surface area (Å²) >= 11 is 5.98. The number of hydrogen-bond acceptors (Lipinski definition) is 5. The van der Waals surface area contributed by atoms with Crippen LogP contribution < -0.4 is 15.2 Å². The molecule has 0 bridgehead atoms. The average Bonchev–Trinajstić information content (AvgIpc) is 2.46. The Balaban J connectivity index is 2.23. The fourth-order valence-corrected chi connectivity index (χ4v) is 1.86. The van der Waals surface area contributed by atoms with Crippen LogP contribution in [0.15, 0.2) is 30.6 Å². The Bertz CT molecular complexity index is 524. The third kappa shape index (κ3) is 3.33. The summed E-state index contributed by atoms with van der Waals surface area (Å²) in [6.45, 7) is 0.549. The van der Waals surface area contributed by atoms with Crippen molar-refractivity contribution in [2.24, 2.45) is 5.73 Å². The van der Waals surface area contributed by atoms with E-state index in [1.54, 1.807) is 37.7 Å². The summed E-state index contributed by atoms with van der Waals surface area (Å²) in [5.41, 5.74) is 6.46. The van der Waals surface area contributed by atoms with Gasteiger partial charge in [0.2, 0.25) is 0 Å². The quantitative estimate of drug-likeness (QED) is 0.908. The van der Waals surface area contributed by atoms with Gasteiger partial charge in [-0.3, -0.25) is 0 Å². The first-order valence-electron chi connectivity index (χ1n) is 5.69. The second-order valence-corrected chi connectivity index (χ2v) is 4.19. The zero-order valence-electron chi connectivity index (χ0n) is 10.5. The van der Waals surface area contributed by atoms with Gasteiger partial charge >= 0.3 is 0 Å². The van der Waals surface area contributed by atoms with Gasteiger partial charge in [-0.15, -0.1) is 0 Å². The lowest BCUT2D eigenvalue weighted by molar-refractivity contribution is 0.273. The first-order valence-corrected chi connectivity index (χ1v) is 6.07. The smallest absolute Gasteiger partial charge is 0.166 e. The summed E-state index contributed by atoms with van der Waals surface area (Å²) in [6, 6.07) is 5.19. The molecule has 2 rings (SSSR count). The van der Waals surface area contributed by atoms with Gasteiger partial charge in [0.05, 0.1) is 7.11 Å². The van der Waals surface area contributed by atoms with Crippen LogP contribution in [0.2, 0.25) is 5.02 Å². The molecular weight excluding hydrogens is 266 g/mol. The molecule has 0 aliphatic rings. The van der Waals surface area contributed by atoms with Crippen molar-refractivity contribution in [3.63, 3.8) is 0 Å². The zero-order valence-corrected chi connectivity index (χ0v) is 11.2. The molecule has 0 atom stereocenters. The monoisotopic (exact) mass is 279 g/mol. The predicted octanol–water partition coefficient (Wildman–Crippen LogP) is 2.18. The lowest BCUT2D eigenvalue weighted by Gasteiger charge is -2.14. The number of rotatable bonds is 5. The summed E-state index contributed by atoms with van der Waals surface area (Å²) in [5, 5.41) is 0.556. The molecule has 0 saturated heterocycles. The molecule has 2 N–H and O–H groups in total. The number of nitrogens with zero attached hydrogens (tertiary/aromatic N) is 2. The lowest BCUT2D eigenvalue weighted by Crippen LogP contribution is -2.06. The third-order valence-corrected chi connectivity index (χ3v) is 2.72. The van der Waals surface area contributed by atoms with E-state index >= 15 is 0 Å². The highest BCUT2D eigenvalue weighted by Crippen LogP contribution is 2.34. The SMILES string of the molecule is COc1cc(Cl)cc(CN)c1OCc1ncccn1. The molecule has 0 amide bonds. The zero-order chi connectivity index (χ0) is 13.7. The average molecular weight is 280 g/mol. The van der Waals surface area contributed by atoms with Crippen LogP contribution in [-0.4, -0.2) is 17.1 Å².